The van der Waals surface area contributed by atoms with Crippen LogP contribution in [0.1, 0.15) is 64.5 Å². The summed E-state index contributed by atoms with van der Waals surface area (Å²) in [5, 5.41) is 3.72. The van der Waals surface area contributed by atoms with Gasteiger partial charge < -0.3 is 4.52 Å². The van der Waals surface area contributed by atoms with Crippen molar-refractivity contribution in [1.29, 1.82) is 0 Å². The molecule has 1 aromatic rings. The van der Waals surface area contributed by atoms with Crippen LogP contribution in [0.15, 0.2) is 4.52 Å². The van der Waals surface area contributed by atoms with Crippen molar-refractivity contribution in [3.8, 4) is 0 Å². The Kier molecular flexibility index (Phi) is 5.20. The summed E-state index contributed by atoms with van der Waals surface area (Å²) in [6.07, 6.45) is 0.784. The Bertz CT molecular complexity index is 484. The molecule has 0 bridgehead atoms. The zero-order chi connectivity index (χ0) is 15.5. The number of hydrogen-bond acceptors (Lipinski definition) is 5. The minimum absolute atomic E-state index is 0.00155. The van der Waals surface area contributed by atoms with E-state index in [0.29, 0.717) is 24.6 Å². The van der Waals surface area contributed by atoms with Crippen molar-refractivity contribution in [3.63, 3.8) is 0 Å². The lowest BCUT2D eigenvalue weighted by Crippen LogP contribution is -2.33. The van der Waals surface area contributed by atoms with Crippen LogP contribution >= 0.6 is 0 Å². The minimum atomic E-state index is -0.259. The summed E-state index contributed by atoms with van der Waals surface area (Å²) in [4.78, 5) is 27.4. The van der Waals surface area contributed by atoms with Gasteiger partial charge in [0.05, 0.1) is 0 Å². The second-order valence-corrected chi connectivity index (χ2v) is 6.63. The van der Waals surface area contributed by atoms with Crippen LogP contribution in [-0.2, 0) is 11.2 Å². The number of Topliss-reactive ketones (excluding diaryl/α,β-unsaturated/α-hetero) is 2. The first-order chi connectivity index (χ1) is 9.12. The predicted octanol–water partition coefficient (Wildman–Crippen LogP) is 3.09. The van der Waals surface area contributed by atoms with Crippen LogP contribution in [0, 0.1) is 17.3 Å². The molecular weight excluding hydrogens is 256 g/mol. The monoisotopic (exact) mass is 280 g/mol. The lowest BCUT2D eigenvalue weighted by molar-refractivity contribution is -0.127. The SMILES string of the molecule is CC(=O)c1nc(CCC(=O)C(C(C)C)C(C)(C)C)no1. The third kappa shape index (κ3) is 4.25. The highest BCUT2D eigenvalue weighted by atomic mass is 16.5. The Hall–Kier alpha value is -1.52. The van der Waals surface area contributed by atoms with Gasteiger partial charge in [0.25, 0.3) is 5.89 Å². The summed E-state index contributed by atoms with van der Waals surface area (Å²) in [7, 11) is 0. The van der Waals surface area contributed by atoms with E-state index in [4.69, 9.17) is 4.52 Å². The maximum atomic E-state index is 12.4. The van der Waals surface area contributed by atoms with E-state index in [2.05, 4.69) is 44.8 Å². The number of hydrogen-bond donors (Lipinski definition) is 0. The Balaban J connectivity index is 2.67. The van der Waals surface area contributed by atoms with Gasteiger partial charge in [0.2, 0.25) is 5.78 Å². The molecule has 0 aliphatic carbocycles. The van der Waals surface area contributed by atoms with Gasteiger partial charge in [-0.15, -0.1) is 0 Å². The van der Waals surface area contributed by atoms with E-state index in [1.54, 1.807) is 0 Å². The van der Waals surface area contributed by atoms with Gasteiger partial charge in [-0.3, -0.25) is 9.59 Å². The molecule has 0 aliphatic rings. The van der Waals surface area contributed by atoms with Gasteiger partial charge in [-0.2, -0.15) is 4.98 Å². The maximum absolute atomic E-state index is 12.4. The van der Waals surface area contributed by atoms with Gasteiger partial charge in [0.15, 0.2) is 5.82 Å². The van der Waals surface area contributed by atoms with Crippen molar-refractivity contribution < 1.29 is 14.1 Å². The van der Waals surface area contributed by atoms with E-state index < -0.39 is 0 Å². The lowest BCUT2D eigenvalue weighted by atomic mass is 9.71. The van der Waals surface area contributed by atoms with Gasteiger partial charge >= 0.3 is 0 Å². The molecule has 1 heterocycles. The Morgan fingerprint density at radius 2 is 1.85 bits per heavy atom. The van der Waals surface area contributed by atoms with Crippen LogP contribution in [0.2, 0.25) is 0 Å². The van der Waals surface area contributed by atoms with E-state index in [1.807, 2.05) is 0 Å². The normalized spacial score (nSPS) is 13.6. The predicted molar refractivity (Wildman–Crippen MR) is 75.4 cm³/mol. The molecule has 0 N–H and O–H groups in total. The number of nitrogens with zero attached hydrogens (tertiary/aromatic N) is 2. The van der Waals surface area contributed by atoms with E-state index >= 15 is 0 Å². The molecule has 0 amide bonds. The van der Waals surface area contributed by atoms with Crippen molar-refractivity contribution in [3.05, 3.63) is 11.7 Å². The first-order valence-corrected chi connectivity index (χ1v) is 6.99. The van der Waals surface area contributed by atoms with Crippen LogP contribution in [0.5, 0.6) is 0 Å². The molecule has 5 nitrogen and oxygen atoms in total. The summed E-state index contributed by atoms with van der Waals surface area (Å²) >= 11 is 0. The second kappa shape index (κ2) is 6.29. The molecule has 0 saturated carbocycles. The summed E-state index contributed by atoms with van der Waals surface area (Å²) in [6.45, 7) is 11.7. The molecule has 1 atom stereocenters. The van der Waals surface area contributed by atoms with Crippen LogP contribution in [-0.4, -0.2) is 21.7 Å². The van der Waals surface area contributed by atoms with Gasteiger partial charge in [0, 0.05) is 25.7 Å². The summed E-state index contributed by atoms with van der Waals surface area (Å²) in [5.74, 6) is 0.664. The largest absolute Gasteiger partial charge is 0.331 e. The summed E-state index contributed by atoms with van der Waals surface area (Å²) in [6, 6.07) is 0. The Morgan fingerprint density at radius 1 is 1.25 bits per heavy atom. The molecule has 0 radical (unpaired) electrons. The van der Waals surface area contributed by atoms with Crippen molar-refractivity contribution in [2.24, 2.45) is 17.3 Å². The molecule has 1 rings (SSSR count). The van der Waals surface area contributed by atoms with Gasteiger partial charge in [-0.05, 0) is 11.3 Å². The fourth-order valence-electron chi connectivity index (χ4n) is 2.74. The van der Waals surface area contributed by atoms with Gasteiger partial charge in [0.1, 0.15) is 5.78 Å². The molecule has 1 unspecified atom stereocenters. The summed E-state index contributed by atoms with van der Waals surface area (Å²) < 4.78 is 4.81. The lowest BCUT2D eigenvalue weighted by Gasteiger charge is -2.32. The third-order valence-corrected chi connectivity index (χ3v) is 3.31. The maximum Gasteiger partial charge on any atom is 0.293 e. The van der Waals surface area contributed by atoms with Crippen molar-refractivity contribution >= 4 is 11.6 Å². The molecule has 0 fully saturated rings. The van der Waals surface area contributed by atoms with Crippen LogP contribution in [0.4, 0.5) is 0 Å². The quantitative estimate of drug-likeness (QED) is 0.749. The molecular formula is C15H24N2O3. The second-order valence-electron chi connectivity index (χ2n) is 6.63. The minimum Gasteiger partial charge on any atom is -0.331 e. The molecule has 0 spiro atoms. The number of rotatable bonds is 6. The first kappa shape index (κ1) is 16.5. The highest BCUT2D eigenvalue weighted by Crippen LogP contribution is 2.33. The zero-order valence-corrected chi connectivity index (χ0v) is 13.2. The Morgan fingerprint density at radius 3 is 2.25 bits per heavy atom. The molecule has 1 aromatic heterocycles. The van der Waals surface area contributed by atoms with Crippen molar-refractivity contribution in [1.82, 2.24) is 10.1 Å². The molecule has 112 valence electrons. The fraction of sp³-hybridized carbons (Fsp3) is 0.733. The topological polar surface area (TPSA) is 73.1 Å². The number of ketones is 2. The summed E-state index contributed by atoms with van der Waals surface area (Å²) in [5.41, 5.74) is -0.0625. The zero-order valence-electron chi connectivity index (χ0n) is 13.2. The number of aromatic nitrogens is 2. The number of aryl methyl sites for hydroxylation is 1. The average molecular weight is 280 g/mol. The van der Waals surface area contributed by atoms with Crippen molar-refractivity contribution in [2.75, 3.05) is 0 Å². The third-order valence-electron chi connectivity index (χ3n) is 3.31. The van der Waals surface area contributed by atoms with E-state index in [-0.39, 0.29) is 28.8 Å². The van der Waals surface area contributed by atoms with E-state index in [0.717, 1.165) is 0 Å². The van der Waals surface area contributed by atoms with Crippen LogP contribution < -0.4 is 0 Å². The van der Waals surface area contributed by atoms with E-state index in [1.165, 1.54) is 6.92 Å². The fourth-order valence-corrected chi connectivity index (χ4v) is 2.74. The Labute approximate surface area is 120 Å². The molecule has 0 aromatic carbocycles. The average Bonchev–Trinajstić information content (AvgIpc) is 2.72. The smallest absolute Gasteiger partial charge is 0.293 e. The van der Waals surface area contributed by atoms with E-state index in [9.17, 15) is 9.59 Å². The van der Waals surface area contributed by atoms with Crippen molar-refractivity contribution in [2.45, 2.75) is 54.4 Å². The molecule has 20 heavy (non-hydrogen) atoms. The van der Waals surface area contributed by atoms with Gasteiger partial charge in [-0.25, -0.2) is 0 Å². The first-order valence-electron chi connectivity index (χ1n) is 6.99. The molecule has 5 heteroatoms. The highest BCUT2D eigenvalue weighted by molar-refractivity contribution is 5.89. The van der Waals surface area contributed by atoms with Crippen LogP contribution in [0.25, 0.3) is 0 Å². The number of carbonyl (C=O) groups is 2. The number of carbonyl (C=O) groups excluding carboxylic acids is 2. The highest BCUT2D eigenvalue weighted by Gasteiger charge is 2.33. The van der Waals surface area contributed by atoms with Crippen LogP contribution in [0.3, 0.4) is 0 Å². The standard InChI is InChI=1S/C15H24N2O3/c1-9(2)13(15(4,5)6)11(19)7-8-12-16-14(10(3)18)20-17-12/h9,13H,7-8H2,1-6H3. The van der Waals surface area contributed by atoms with Gasteiger partial charge in [-0.1, -0.05) is 39.8 Å². The molecule has 0 saturated heterocycles. The molecule has 0 aliphatic heterocycles.